The maximum Gasteiger partial charge on any atom is 0.257 e. The van der Waals surface area contributed by atoms with Gasteiger partial charge in [0.2, 0.25) is 0 Å². The summed E-state index contributed by atoms with van der Waals surface area (Å²) in [5.74, 6) is -0.356. The summed E-state index contributed by atoms with van der Waals surface area (Å²) in [4.78, 5) is 13.9. The Morgan fingerprint density at radius 2 is 2.22 bits per heavy atom. The monoisotopic (exact) mass is 250 g/mol. The predicted molar refractivity (Wildman–Crippen MR) is 68.2 cm³/mol. The lowest BCUT2D eigenvalue weighted by Gasteiger charge is -2.34. The molecule has 5 heteroatoms. The maximum atomic E-state index is 12.3. The third-order valence-corrected chi connectivity index (χ3v) is 3.44. The number of hydrogen-bond acceptors (Lipinski definition) is 4. The minimum Gasteiger partial charge on any atom is -0.505 e. The zero-order chi connectivity index (χ0) is 13.3. The molecule has 4 N–H and O–H groups in total. The van der Waals surface area contributed by atoms with Crippen LogP contribution < -0.4 is 5.73 Å². The average Bonchev–Trinajstić information content (AvgIpc) is 2.35. The second kappa shape index (κ2) is 4.86. The summed E-state index contributed by atoms with van der Waals surface area (Å²) >= 11 is 0. The summed E-state index contributed by atoms with van der Waals surface area (Å²) in [5, 5.41) is 19.4. The molecule has 0 radical (unpaired) electrons. The second-order valence-corrected chi connectivity index (χ2v) is 4.83. The fourth-order valence-electron chi connectivity index (χ4n) is 2.22. The van der Waals surface area contributed by atoms with Crippen molar-refractivity contribution in [2.75, 3.05) is 18.8 Å². The maximum absolute atomic E-state index is 12.3. The first kappa shape index (κ1) is 12.7. The smallest absolute Gasteiger partial charge is 0.257 e. The molecule has 2 unspecified atom stereocenters. The molecule has 1 aliphatic rings. The molecule has 2 atom stereocenters. The van der Waals surface area contributed by atoms with Crippen LogP contribution in [0.15, 0.2) is 18.2 Å². The van der Waals surface area contributed by atoms with Gasteiger partial charge in [0.05, 0.1) is 17.4 Å². The van der Waals surface area contributed by atoms with Gasteiger partial charge in [-0.15, -0.1) is 0 Å². The lowest BCUT2D eigenvalue weighted by atomic mass is 9.96. The summed E-state index contributed by atoms with van der Waals surface area (Å²) in [6.07, 6.45) is 0.208. The van der Waals surface area contributed by atoms with E-state index >= 15 is 0 Å². The number of nitrogens with zero attached hydrogens (tertiary/aromatic N) is 1. The number of carbonyl (C=O) groups is 1. The number of phenolic OH excluding ortho intramolecular Hbond substituents is 1. The Kier molecular flexibility index (Phi) is 3.43. The first-order valence-electron chi connectivity index (χ1n) is 6.05. The standard InChI is InChI=1S/C13H18N2O3/c1-8-7-15(6-5-11(8)16)13(18)9-3-2-4-10(14)12(9)17/h2-4,8,11,16-17H,5-7,14H2,1H3. The minimum atomic E-state index is -0.358. The van der Waals surface area contributed by atoms with Gasteiger partial charge in [-0.1, -0.05) is 13.0 Å². The van der Waals surface area contributed by atoms with Crippen molar-refractivity contribution in [2.24, 2.45) is 5.92 Å². The third kappa shape index (κ3) is 2.26. The quantitative estimate of drug-likeness (QED) is 0.508. The fraction of sp³-hybridized carbons (Fsp3) is 0.462. The van der Waals surface area contributed by atoms with Crippen molar-refractivity contribution in [2.45, 2.75) is 19.4 Å². The molecular weight excluding hydrogens is 232 g/mol. The van der Waals surface area contributed by atoms with Crippen LogP contribution in [0.1, 0.15) is 23.7 Å². The number of likely N-dealkylation sites (tertiary alicyclic amines) is 1. The second-order valence-electron chi connectivity index (χ2n) is 4.83. The molecule has 1 aliphatic heterocycles. The number of carbonyl (C=O) groups excluding carboxylic acids is 1. The fourth-order valence-corrected chi connectivity index (χ4v) is 2.22. The zero-order valence-electron chi connectivity index (χ0n) is 10.3. The molecule has 0 spiro atoms. The van der Waals surface area contributed by atoms with E-state index in [9.17, 15) is 15.0 Å². The van der Waals surface area contributed by atoms with Gasteiger partial charge >= 0.3 is 0 Å². The molecule has 1 heterocycles. The number of amides is 1. The molecule has 2 rings (SSSR count). The number of benzene rings is 1. The molecule has 98 valence electrons. The SMILES string of the molecule is CC1CN(C(=O)c2cccc(N)c2O)CCC1O. The Bertz CT molecular complexity index is 462. The van der Waals surface area contributed by atoms with Crippen LogP contribution in [0.2, 0.25) is 0 Å². The van der Waals surface area contributed by atoms with Crippen molar-refractivity contribution in [1.29, 1.82) is 0 Å². The average molecular weight is 250 g/mol. The van der Waals surface area contributed by atoms with E-state index in [4.69, 9.17) is 5.73 Å². The number of anilines is 1. The number of aromatic hydroxyl groups is 1. The highest BCUT2D eigenvalue weighted by molar-refractivity contribution is 5.98. The largest absolute Gasteiger partial charge is 0.505 e. The Hall–Kier alpha value is -1.75. The predicted octanol–water partition coefficient (Wildman–Crippen LogP) is 0.817. The van der Waals surface area contributed by atoms with Crippen LogP contribution in [0.5, 0.6) is 5.75 Å². The molecule has 0 aliphatic carbocycles. The molecule has 1 aromatic carbocycles. The number of rotatable bonds is 1. The van der Waals surface area contributed by atoms with Gasteiger partial charge in [-0.3, -0.25) is 4.79 Å². The van der Waals surface area contributed by atoms with Gasteiger partial charge in [0.15, 0.2) is 5.75 Å². The summed E-state index contributed by atoms with van der Waals surface area (Å²) in [5.41, 5.74) is 6.00. The van der Waals surface area contributed by atoms with Crippen LogP contribution in [-0.2, 0) is 0 Å². The minimum absolute atomic E-state index is 0.0471. The summed E-state index contributed by atoms with van der Waals surface area (Å²) < 4.78 is 0. The molecule has 1 fully saturated rings. The van der Waals surface area contributed by atoms with Crippen LogP contribution in [0.25, 0.3) is 0 Å². The number of nitrogen functional groups attached to an aromatic ring is 1. The molecule has 5 nitrogen and oxygen atoms in total. The number of aliphatic hydroxyl groups excluding tert-OH is 1. The summed E-state index contributed by atoms with van der Waals surface area (Å²) in [6, 6.07) is 4.75. The van der Waals surface area contributed by atoms with Crippen LogP contribution in [0.3, 0.4) is 0 Å². The van der Waals surface area contributed by atoms with E-state index in [0.29, 0.717) is 19.5 Å². The van der Waals surface area contributed by atoms with E-state index < -0.39 is 0 Å². The Morgan fingerprint density at radius 3 is 2.89 bits per heavy atom. The van der Waals surface area contributed by atoms with E-state index in [1.807, 2.05) is 6.92 Å². The van der Waals surface area contributed by atoms with Crippen molar-refractivity contribution < 1.29 is 15.0 Å². The van der Waals surface area contributed by atoms with E-state index in [0.717, 1.165) is 0 Å². The van der Waals surface area contributed by atoms with Crippen molar-refractivity contribution in [1.82, 2.24) is 4.90 Å². The van der Waals surface area contributed by atoms with Gasteiger partial charge in [-0.2, -0.15) is 0 Å². The van der Waals surface area contributed by atoms with Gasteiger partial charge in [-0.25, -0.2) is 0 Å². The summed E-state index contributed by atoms with van der Waals surface area (Å²) in [6.45, 7) is 2.90. The van der Waals surface area contributed by atoms with Crippen LogP contribution in [0.4, 0.5) is 5.69 Å². The zero-order valence-corrected chi connectivity index (χ0v) is 10.3. The van der Waals surface area contributed by atoms with E-state index in [-0.39, 0.29) is 34.9 Å². The lowest BCUT2D eigenvalue weighted by Crippen LogP contribution is -2.45. The highest BCUT2D eigenvalue weighted by Crippen LogP contribution is 2.27. The molecule has 1 saturated heterocycles. The molecule has 18 heavy (non-hydrogen) atoms. The normalized spacial score (nSPS) is 24.0. The number of nitrogens with two attached hydrogens (primary N) is 1. The van der Waals surface area contributed by atoms with Crippen LogP contribution in [0, 0.1) is 5.92 Å². The Labute approximate surface area is 106 Å². The van der Waals surface area contributed by atoms with Crippen molar-refractivity contribution in [3.63, 3.8) is 0 Å². The van der Waals surface area contributed by atoms with E-state index in [1.165, 1.54) is 0 Å². The molecule has 1 aromatic rings. The highest BCUT2D eigenvalue weighted by Gasteiger charge is 2.28. The van der Waals surface area contributed by atoms with E-state index in [2.05, 4.69) is 0 Å². The Balaban J connectivity index is 2.19. The molecule has 0 saturated carbocycles. The van der Waals surface area contributed by atoms with Gasteiger partial charge in [0.25, 0.3) is 5.91 Å². The molecule has 1 amide bonds. The van der Waals surface area contributed by atoms with Gasteiger partial charge in [0, 0.05) is 13.1 Å². The van der Waals surface area contributed by atoms with Crippen LogP contribution in [-0.4, -0.2) is 40.2 Å². The van der Waals surface area contributed by atoms with Gasteiger partial charge < -0.3 is 20.8 Å². The topological polar surface area (TPSA) is 86.8 Å². The van der Waals surface area contributed by atoms with Crippen molar-refractivity contribution in [3.05, 3.63) is 23.8 Å². The number of hydrogen-bond donors (Lipinski definition) is 3. The lowest BCUT2D eigenvalue weighted by molar-refractivity contribution is 0.0296. The van der Waals surface area contributed by atoms with Gasteiger partial charge in [0.1, 0.15) is 0 Å². The van der Waals surface area contributed by atoms with Gasteiger partial charge in [-0.05, 0) is 24.5 Å². The number of para-hydroxylation sites is 1. The third-order valence-electron chi connectivity index (χ3n) is 3.44. The Morgan fingerprint density at radius 1 is 1.50 bits per heavy atom. The number of phenols is 1. The molecular formula is C13H18N2O3. The number of piperidine rings is 1. The van der Waals surface area contributed by atoms with Crippen LogP contribution >= 0.6 is 0 Å². The molecule has 0 aromatic heterocycles. The van der Waals surface area contributed by atoms with E-state index in [1.54, 1.807) is 23.1 Å². The highest BCUT2D eigenvalue weighted by atomic mass is 16.3. The summed E-state index contributed by atoms with van der Waals surface area (Å²) in [7, 11) is 0. The van der Waals surface area contributed by atoms with Crippen molar-refractivity contribution >= 4 is 11.6 Å². The first-order chi connectivity index (χ1) is 8.50. The number of aliphatic hydroxyl groups is 1. The van der Waals surface area contributed by atoms with Crippen molar-refractivity contribution in [3.8, 4) is 5.75 Å². The molecule has 0 bridgehead atoms. The first-order valence-corrected chi connectivity index (χ1v) is 6.05.